The van der Waals surface area contributed by atoms with Gasteiger partial charge in [-0.25, -0.2) is 4.79 Å². The van der Waals surface area contributed by atoms with Crippen molar-refractivity contribution in [2.24, 2.45) is 0 Å². The van der Waals surface area contributed by atoms with E-state index in [1.165, 1.54) is 11.3 Å². The minimum absolute atomic E-state index is 0.305. The third-order valence-electron chi connectivity index (χ3n) is 3.57. The second-order valence-corrected chi connectivity index (χ2v) is 7.07. The summed E-state index contributed by atoms with van der Waals surface area (Å²) in [5.74, 6) is 0. The number of halogens is 1. The molecular weight excluding hydrogens is 356 g/mol. The second kappa shape index (κ2) is 8.16. The average molecular weight is 373 g/mol. The Morgan fingerprint density at radius 3 is 2.64 bits per heavy atom. The molecule has 0 radical (unpaired) electrons. The topological polar surface area (TPSA) is 61.4 Å². The van der Waals surface area contributed by atoms with Crippen LogP contribution in [0.25, 0.3) is 0 Å². The standard InChI is InChI=1S/C19H17ClN2O2S/c20-14-7-4-8-15(11-14)22-19(24)21-12-16-9-10-17(25-16)18(23)13-5-2-1-3-6-13/h1-11,18,23H,12H2,(H2,21,22,24). The first-order valence-electron chi connectivity index (χ1n) is 7.74. The third-order valence-corrected chi connectivity index (χ3v) is 4.95. The molecule has 128 valence electrons. The van der Waals surface area contributed by atoms with Gasteiger partial charge in [0.05, 0.1) is 6.54 Å². The number of anilines is 1. The van der Waals surface area contributed by atoms with E-state index in [4.69, 9.17) is 11.6 Å². The Labute approximate surface area is 155 Å². The van der Waals surface area contributed by atoms with Gasteiger partial charge in [0, 0.05) is 20.5 Å². The molecule has 3 aromatic rings. The van der Waals surface area contributed by atoms with Crippen molar-refractivity contribution in [1.82, 2.24) is 5.32 Å². The molecule has 0 aliphatic carbocycles. The first-order chi connectivity index (χ1) is 12.1. The number of hydrogen-bond acceptors (Lipinski definition) is 3. The lowest BCUT2D eigenvalue weighted by Gasteiger charge is -2.08. The number of aliphatic hydroxyl groups excluding tert-OH is 1. The van der Waals surface area contributed by atoms with Crippen molar-refractivity contribution < 1.29 is 9.90 Å². The van der Waals surface area contributed by atoms with Crippen molar-refractivity contribution in [3.05, 3.63) is 87.1 Å². The molecule has 0 spiro atoms. The first-order valence-corrected chi connectivity index (χ1v) is 8.93. The predicted octanol–water partition coefficient (Wildman–Crippen LogP) is 4.80. The molecule has 3 N–H and O–H groups in total. The van der Waals surface area contributed by atoms with E-state index >= 15 is 0 Å². The predicted molar refractivity (Wildman–Crippen MR) is 102 cm³/mol. The van der Waals surface area contributed by atoms with Crippen molar-refractivity contribution in [3.63, 3.8) is 0 Å². The van der Waals surface area contributed by atoms with Gasteiger partial charge in [-0.3, -0.25) is 0 Å². The Morgan fingerprint density at radius 2 is 1.88 bits per heavy atom. The van der Waals surface area contributed by atoms with Gasteiger partial charge in [0.1, 0.15) is 6.10 Å². The molecular formula is C19H17ClN2O2S. The molecule has 1 unspecified atom stereocenters. The zero-order chi connectivity index (χ0) is 17.6. The zero-order valence-corrected chi connectivity index (χ0v) is 14.8. The number of amides is 2. The minimum Gasteiger partial charge on any atom is -0.383 e. The first kappa shape index (κ1) is 17.5. The second-order valence-electron chi connectivity index (χ2n) is 5.44. The monoisotopic (exact) mass is 372 g/mol. The molecule has 0 bridgehead atoms. The molecule has 1 heterocycles. The summed E-state index contributed by atoms with van der Waals surface area (Å²) < 4.78 is 0. The fourth-order valence-corrected chi connectivity index (χ4v) is 3.50. The smallest absolute Gasteiger partial charge is 0.319 e. The molecule has 6 heteroatoms. The fraction of sp³-hybridized carbons (Fsp3) is 0.105. The molecule has 4 nitrogen and oxygen atoms in total. The number of carbonyl (C=O) groups is 1. The molecule has 2 aromatic carbocycles. The van der Waals surface area contributed by atoms with Crippen molar-refractivity contribution in [3.8, 4) is 0 Å². The van der Waals surface area contributed by atoms with E-state index in [-0.39, 0.29) is 6.03 Å². The maximum Gasteiger partial charge on any atom is 0.319 e. The maximum absolute atomic E-state index is 11.9. The van der Waals surface area contributed by atoms with E-state index in [9.17, 15) is 9.90 Å². The Hall–Kier alpha value is -2.34. The molecule has 0 saturated carbocycles. The normalized spacial score (nSPS) is 11.8. The summed E-state index contributed by atoms with van der Waals surface area (Å²) in [6.07, 6.45) is -0.653. The largest absolute Gasteiger partial charge is 0.383 e. The molecule has 0 fully saturated rings. The van der Waals surface area contributed by atoms with Crippen molar-refractivity contribution in [2.75, 3.05) is 5.32 Å². The summed E-state index contributed by atoms with van der Waals surface area (Å²) in [5, 5.41) is 16.5. The number of carbonyl (C=O) groups excluding carboxylic acids is 1. The highest BCUT2D eigenvalue weighted by molar-refractivity contribution is 7.12. The van der Waals surface area contributed by atoms with Gasteiger partial charge in [-0.2, -0.15) is 0 Å². The number of benzene rings is 2. The lowest BCUT2D eigenvalue weighted by Crippen LogP contribution is -2.27. The van der Waals surface area contributed by atoms with Crippen LogP contribution in [-0.4, -0.2) is 11.1 Å². The fourth-order valence-electron chi connectivity index (χ4n) is 2.34. The lowest BCUT2D eigenvalue weighted by atomic mass is 10.1. The van der Waals surface area contributed by atoms with Crippen molar-refractivity contribution in [2.45, 2.75) is 12.6 Å². The van der Waals surface area contributed by atoms with E-state index in [0.717, 1.165) is 15.3 Å². The molecule has 0 saturated heterocycles. The molecule has 1 atom stereocenters. The number of aliphatic hydroxyl groups is 1. The summed E-state index contributed by atoms with van der Waals surface area (Å²) in [5.41, 5.74) is 1.49. The average Bonchev–Trinajstić information content (AvgIpc) is 3.09. The van der Waals surface area contributed by atoms with E-state index in [1.807, 2.05) is 42.5 Å². The van der Waals surface area contributed by atoms with Crippen molar-refractivity contribution in [1.29, 1.82) is 0 Å². The number of urea groups is 1. The molecule has 3 rings (SSSR count). The third kappa shape index (κ3) is 4.82. The van der Waals surface area contributed by atoms with Gasteiger partial charge in [-0.1, -0.05) is 48.0 Å². The van der Waals surface area contributed by atoms with Crippen LogP contribution in [-0.2, 0) is 6.54 Å². The Kier molecular flexibility index (Phi) is 5.71. The van der Waals surface area contributed by atoms with Crippen LogP contribution in [0.15, 0.2) is 66.7 Å². The van der Waals surface area contributed by atoms with Crippen LogP contribution in [0.2, 0.25) is 5.02 Å². The highest BCUT2D eigenvalue weighted by Crippen LogP contribution is 2.28. The summed E-state index contributed by atoms with van der Waals surface area (Å²) in [6, 6.07) is 19.9. The van der Waals surface area contributed by atoms with Crippen LogP contribution in [0.1, 0.15) is 21.4 Å². The molecule has 1 aromatic heterocycles. The van der Waals surface area contributed by atoms with Gasteiger partial charge in [-0.05, 0) is 35.9 Å². The number of hydrogen-bond donors (Lipinski definition) is 3. The Balaban J connectivity index is 1.56. The highest BCUT2D eigenvalue weighted by atomic mass is 35.5. The molecule has 0 aliphatic rings. The van der Waals surface area contributed by atoms with Gasteiger partial charge in [0.25, 0.3) is 0 Å². The van der Waals surface area contributed by atoms with E-state index in [0.29, 0.717) is 17.3 Å². The van der Waals surface area contributed by atoms with Gasteiger partial charge in [0.15, 0.2) is 0 Å². The van der Waals surface area contributed by atoms with Crippen LogP contribution >= 0.6 is 22.9 Å². The molecule has 2 amide bonds. The molecule has 25 heavy (non-hydrogen) atoms. The quantitative estimate of drug-likeness (QED) is 0.602. The Bertz CT molecular complexity index is 851. The van der Waals surface area contributed by atoms with Crippen LogP contribution in [0, 0.1) is 0 Å². The van der Waals surface area contributed by atoms with Crippen molar-refractivity contribution >= 4 is 34.7 Å². The number of rotatable bonds is 5. The maximum atomic E-state index is 11.9. The summed E-state index contributed by atoms with van der Waals surface area (Å²) in [6.45, 7) is 0.387. The summed E-state index contributed by atoms with van der Waals surface area (Å²) in [7, 11) is 0. The van der Waals surface area contributed by atoms with Crippen LogP contribution < -0.4 is 10.6 Å². The van der Waals surface area contributed by atoms with Crippen LogP contribution in [0.3, 0.4) is 0 Å². The van der Waals surface area contributed by atoms with Gasteiger partial charge in [0.2, 0.25) is 0 Å². The van der Waals surface area contributed by atoms with E-state index in [1.54, 1.807) is 24.3 Å². The van der Waals surface area contributed by atoms with Gasteiger partial charge in [-0.15, -0.1) is 11.3 Å². The number of nitrogens with one attached hydrogen (secondary N) is 2. The summed E-state index contributed by atoms with van der Waals surface area (Å²) in [4.78, 5) is 13.8. The lowest BCUT2D eigenvalue weighted by molar-refractivity contribution is 0.224. The minimum atomic E-state index is -0.653. The highest BCUT2D eigenvalue weighted by Gasteiger charge is 2.13. The van der Waals surface area contributed by atoms with E-state index < -0.39 is 6.10 Å². The summed E-state index contributed by atoms with van der Waals surface area (Å²) >= 11 is 7.36. The SMILES string of the molecule is O=C(NCc1ccc(C(O)c2ccccc2)s1)Nc1cccc(Cl)c1. The van der Waals surface area contributed by atoms with Gasteiger partial charge >= 0.3 is 6.03 Å². The van der Waals surface area contributed by atoms with E-state index in [2.05, 4.69) is 10.6 Å². The zero-order valence-electron chi connectivity index (χ0n) is 13.3. The van der Waals surface area contributed by atoms with Gasteiger partial charge < -0.3 is 15.7 Å². The number of thiophene rings is 1. The van der Waals surface area contributed by atoms with Crippen LogP contribution in [0.4, 0.5) is 10.5 Å². The van der Waals surface area contributed by atoms with Crippen LogP contribution in [0.5, 0.6) is 0 Å². The Morgan fingerprint density at radius 1 is 1.08 bits per heavy atom. The molecule has 0 aliphatic heterocycles.